The van der Waals surface area contributed by atoms with E-state index in [1.807, 2.05) is 0 Å². The van der Waals surface area contributed by atoms with Crippen LogP contribution in [0.2, 0.25) is 5.02 Å². The van der Waals surface area contributed by atoms with Crippen molar-refractivity contribution in [2.24, 2.45) is 11.5 Å². The van der Waals surface area contributed by atoms with Crippen LogP contribution in [0.3, 0.4) is 0 Å². The predicted octanol–water partition coefficient (Wildman–Crippen LogP) is 1.87. The Bertz CT molecular complexity index is 940. The van der Waals surface area contributed by atoms with E-state index in [1.54, 1.807) is 31.4 Å². The summed E-state index contributed by atoms with van der Waals surface area (Å²) < 4.78 is 15.8. The van der Waals surface area contributed by atoms with E-state index in [4.69, 9.17) is 42.7 Å². The zero-order valence-corrected chi connectivity index (χ0v) is 18.3. The molecule has 0 saturated carbocycles. The molecule has 0 aromatic heterocycles. The lowest BCUT2D eigenvalue weighted by Gasteiger charge is -2.13. The monoisotopic (exact) mass is 470 g/mol. The fourth-order valence-electron chi connectivity index (χ4n) is 2.45. The normalized spacial score (nSPS) is 10.0. The van der Waals surface area contributed by atoms with Crippen LogP contribution in [-0.4, -0.2) is 44.6 Å². The summed E-state index contributed by atoms with van der Waals surface area (Å²) >= 11 is 6.08. The lowest BCUT2D eigenvalue weighted by atomic mass is 10.1. The van der Waals surface area contributed by atoms with Crippen LogP contribution in [0.4, 0.5) is 0 Å². The van der Waals surface area contributed by atoms with Gasteiger partial charge in [-0.2, -0.15) is 0 Å². The Balaban J connectivity index is 0.00000480. The van der Waals surface area contributed by atoms with Gasteiger partial charge in [0.1, 0.15) is 23.9 Å². The minimum Gasteiger partial charge on any atom is -0.491 e. The Morgan fingerprint density at radius 3 is 2.45 bits per heavy atom. The Kier molecular flexibility index (Phi) is 10.6. The molecule has 0 saturated heterocycles. The molecule has 0 radical (unpaired) electrons. The maximum Gasteiger partial charge on any atom is 0.255 e. The number of carbonyl (C=O) groups excluding carboxylic acids is 2. The van der Waals surface area contributed by atoms with E-state index in [0.29, 0.717) is 40.7 Å². The highest BCUT2D eigenvalue weighted by atomic mass is 35.5. The summed E-state index contributed by atoms with van der Waals surface area (Å²) in [4.78, 5) is 23.6. The number of amides is 2. The first kappa shape index (κ1) is 26.0. The standard InChI is InChI=1S/C20H23ClN4O5.ClH/c1-28-4-5-29-16-7-14(6-15(21)9-16)20(27)25-10-13-3-2-12(19(23)24)8-17(13)30-11-18(22)26;/h2-3,6-9H,4-5,10-11H2,1H3,(H2,22,26)(H3,23,24)(H,25,27);1H. The summed E-state index contributed by atoms with van der Waals surface area (Å²) in [6, 6.07) is 9.45. The molecule has 0 unspecified atom stereocenters. The molecule has 168 valence electrons. The van der Waals surface area contributed by atoms with Gasteiger partial charge >= 0.3 is 0 Å². The highest BCUT2D eigenvalue weighted by Gasteiger charge is 2.13. The molecule has 2 amide bonds. The van der Waals surface area contributed by atoms with E-state index in [0.717, 1.165) is 0 Å². The van der Waals surface area contributed by atoms with E-state index in [2.05, 4.69) is 5.32 Å². The minimum absolute atomic E-state index is 0. The Morgan fingerprint density at radius 2 is 1.81 bits per heavy atom. The molecule has 2 aromatic rings. The number of nitrogens with two attached hydrogens (primary N) is 2. The summed E-state index contributed by atoms with van der Waals surface area (Å²) in [7, 11) is 1.56. The van der Waals surface area contributed by atoms with E-state index in [1.165, 1.54) is 12.1 Å². The third kappa shape index (κ3) is 8.33. The second-order valence-corrected chi connectivity index (χ2v) is 6.63. The molecule has 2 rings (SSSR count). The van der Waals surface area contributed by atoms with Crippen molar-refractivity contribution in [3.63, 3.8) is 0 Å². The summed E-state index contributed by atoms with van der Waals surface area (Å²) in [6.45, 7) is 0.468. The van der Waals surface area contributed by atoms with E-state index < -0.39 is 5.91 Å². The molecule has 0 aliphatic rings. The largest absolute Gasteiger partial charge is 0.491 e. The molecular formula is C20H24Cl2N4O5. The Morgan fingerprint density at radius 1 is 1.06 bits per heavy atom. The van der Waals surface area contributed by atoms with Crippen LogP contribution in [0.5, 0.6) is 11.5 Å². The van der Waals surface area contributed by atoms with Gasteiger partial charge in [0, 0.05) is 35.4 Å². The van der Waals surface area contributed by atoms with Crippen LogP contribution in [-0.2, 0) is 16.1 Å². The number of nitrogens with one attached hydrogen (secondary N) is 2. The summed E-state index contributed by atoms with van der Waals surface area (Å²) in [6.07, 6.45) is 0. The van der Waals surface area contributed by atoms with E-state index >= 15 is 0 Å². The molecule has 6 N–H and O–H groups in total. The zero-order valence-electron chi connectivity index (χ0n) is 16.8. The number of rotatable bonds is 11. The molecule has 2 aromatic carbocycles. The first-order valence-corrected chi connectivity index (χ1v) is 9.27. The highest BCUT2D eigenvalue weighted by molar-refractivity contribution is 6.31. The molecule has 0 aliphatic carbocycles. The van der Waals surface area contributed by atoms with Gasteiger partial charge in [-0.15, -0.1) is 12.4 Å². The van der Waals surface area contributed by atoms with Crippen LogP contribution in [0, 0.1) is 5.41 Å². The maximum atomic E-state index is 12.6. The fourth-order valence-corrected chi connectivity index (χ4v) is 2.67. The summed E-state index contributed by atoms with van der Waals surface area (Å²) in [5.41, 5.74) is 11.9. The molecule has 11 heteroatoms. The van der Waals surface area contributed by atoms with Gasteiger partial charge in [0.15, 0.2) is 6.61 Å². The first-order valence-electron chi connectivity index (χ1n) is 8.89. The number of primary amides is 1. The van der Waals surface area contributed by atoms with Crippen LogP contribution < -0.4 is 26.3 Å². The van der Waals surface area contributed by atoms with Crippen molar-refractivity contribution < 1.29 is 23.8 Å². The van der Waals surface area contributed by atoms with Gasteiger partial charge in [-0.3, -0.25) is 15.0 Å². The lowest BCUT2D eigenvalue weighted by Crippen LogP contribution is -2.24. The first-order chi connectivity index (χ1) is 14.3. The molecule has 0 spiro atoms. The smallest absolute Gasteiger partial charge is 0.255 e. The van der Waals surface area contributed by atoms with Crippen molar-refractivity contribution in [3.8, 4) is 11.5 Å². The molecule has 0 bridgehead atoms. The number of nitrogen functional groups attached to an aromatic ring is 1. The molecule has 9 nitrogen and oxygen atoms in total. The fraction of sp³-hybridized carbons (Fsp3) is 0.250. The molecular weight excluding hydrogens is 447 g/mol. The average Bonchev–Trinajstić information content (AvgIpc) is 2.70. The minimum atomic E-state index is -0.654. The van der Waals surface area contributed by atoms with Gasteiger partial charge < -0.3 is 31.0 Å². The average molecular weight is 471 g/mol. The van der Waals surface area contributed by atoms with Crippen molar-refractivity contribution >= 4 is 41.7 Å². The number of methoxy groups -OCH3 is 1. The van der Waals surface area contributed by atoms with Crippen LogP contribution in [0.1, 0.15) is 21.5 Å². The summed E-state index contributed by atoms with van der Waals surface area (Å²) in [5, 5.41) is 10.6. The Labute approximate surface area is 190 Å². The van der Waals surface area contributed by atoms with Gasteiger partial charge in [0.2, 0.25) is 0 Å². The number of benzene rings is 2. The number of ether oxygens (including phenoxy) is 3. The lowest BCUT2D eigenvalue weighted by molar-refractivity contribution is -0.119. The van der Waals surface area contributed by atoms with Gasteiger partial charge in [-0.1, -0.05) is 23.7 Å². The van der Waals surface area contributed by atoms with Gasteiger partial charge in [-0.05, 0) is 24.3 Å². The van der Waals surface area contributed by atoms with Gasteiger partial charge in [0.05, 0.1) is 6.61 Å². The maximum absolute atomic E-state index is 12.6. The molecule has 0 heterocycles. The number of hydrogen-bond acceptors (Lipinski definition) is 6. The molecule has 0 aliphatic heterocycles. The number of carbonyl (C=O) groups is 2. The van der Waals surface area contributed by atoms with Crippen LogP contribution in [0.15, 0.2) is 36.4 Å². The second-order valence-electron chi connectivity index (χ2n) is 6.19. The SMILES string of the molecule is COCCOc1cc(Cl)cc(C(=O)NCc2ccc(C(=N)N)cc2OCC(N)=O)c1.Cl. The van der Waals surface area contributed by atoms with E-state index in [-0.39, 0.29) is 43.1 Å². The van der Waals surface area contributed by atoms with Crippen molar-refractivity contribution in [2.45, 2.75) is 6.54 Å². The third-order valence-corrected chi connectivity index (χ3v) is 4.10. The highest BCUT2D eigenvalue weighted by Crippen LogP contribution is 2.23. The van der Waals surface area contributed by atoms with Crippen molar-refractivity contribution in [1.29, 1.82) is 5.41 Å². The van der Waals surface area contributed by atoms with Crippen molar-refractivity contribution in [2.75, 3.05) is 26.9 Å². The zero-order chi connectivity index (χ0) is 22.1. The topological polar surface area (TPSA) is 150 Å². The number of halogens is 2. The van der Waals surface area contributed by atoms with Crippen molar-refractivity contribution in [1.82, 2.24) is 5.32 Å². The van der Waals surface area contributed by atoms with Crippen LogP contribution >= 0.6 is 24.0 Å². The number of hydrogen-bond donors (Lipinski definition) is 4. The quantitative estimate of drug-likeness (QED) is 0.223. The van der Waals surface area contributed by atoms with E-state index in [9.17, 15) is 9.59 Å². The second kappa shape index (κ2) is 12.6. The molecule has 0 fully saturated rings. The molecule has 31 heavy (non-hydrogen) atoms. The predicted molar refractivity (Wildman–Crippen MR) is 119 cm³/mol. The van der Waals surface area contributed by atoms with Crippen molar-refractivity contribution in [3.05, 3.63) is 58.1 Å². The van der Waals surface area contributed by atoms with Gasteiger partial charge in [0.25, 0.3) is 11.8 Å². The van der Waals surface area contributed by atoms with Crippen LogP contribution in [0.25, 0.3) is 0 Å². The molecule has 0 atom stereocenters. The summed E-state index contributed by atoms with van der Waals surface area (Å²) in [5.74, 6) is -0.462. The Hall–Kier alpha value is -3.01. The third-order valence-electron chi connectivity index (χ3n) is 3.88. The van der Waals surface area contributed by atoms with Gasteiger partial charge in [-0.25, -0.2) is 0 Å². The number of amidine groups is 1.